The van der Waals surface area contributed by atoms with Crippen molar-refractivity contribution in [1.82, 2.24) is 21.7 Å². The molecule has 0 heterocycles. The Kier molecular flexibility index (Phi) is 16.7. The van der Waals surface area contributed by atoms with Gasteiger partial charge in [0.25, 0.3) is 23.6 Å². The summed E-state index contributed by atoms with van der Waals surface area (Å²) in [5, 5.41) is 20.9. The first-order valence-electron chi connectivity index (χ1n) is 16.9. The summed E-state index contributed by atoms with van der Waals surface area (Å²) >= 11 is 0. The van der Waals surface area contributed by atoms with Gasteiger partial charge in [0, 0.05) is 0 Å². The van der Waals surface area contributed by atoms with Crippen LogP contribution in [0.15, 0.2) is 36.4 Å². The predicted molar refractivity (Wildman–Crippen MR) is 180 cm³/mol. The molecule has 6 N–H and O–H groups in total. The largest absolute Gasteiger partial charge is 0.507 e. The highest BCUT2D eigenvalue weighted by atomic mass is 16.3. The van der Waals surface area contributed by atoms with Crippen LogP contribution in [0, 0.1) is 5.41 Å². The number of hydrogen-bond donors (Lipinski definition) is 6. The van der Waals surface area contributed by atoms with Crippen LogP contribution in [-0.4, -0.2) is 33.8 Å². The third kappa shape index (κ3) is 11.4. The lowest BCUT2D eigenvalue weighted by atomic mass is 9.82. The Hall–Kier alpha value is -4.08. The number of benzene rings is 2. The van der Waals surface area contributed by atoms with Gasteiger partial charge < -0.3 is 10.2 Å². The van der Waals surface area contributed by atoms with Crippen molar-refractivity contribution in [3.05, 3.63) is 58.7 Å². The Morgan fingerprint density at radius 1 is 0.565 bits per heavy atom. The molecule has 2 rings (SSSR count). The minimum atomic E-state index is -1.66. The fourth-order valence-electron chi connectivity index (χ4n) is 5.46. The van der Waals surface area contributed by atoms with Crippen LogP contribution < -0.4 is 21.7 Å². The summed E-state index contributed by atoms with van der Waals surface area (Å²) in [5.74, 6) is -3.30. The van der Waals surface area contributed by atoms with E-state index in [1.807, 2.05) is 0 Å². The number of hydrogen-bond acceptors (Lipinski definition) is 6. The maximum atomic E-state index is 13.6. The van der Waals surface area contributed by atoms with Gasteiger partial charge in [-0.25, -0.2) is 0 Å². The lowest BCUT2D eigenvalue weighted by molar-refractivity contribution is -0.144. The summed E-state index contributed by atoms with van der Waals surface area (Å²) < 4.78 is 0. The summed E-state index contributed by atoms with van der Waals surface area (Å²) in [6.07, 6.45) is 12.6. The van der Waals surface area contributed by atoms with Crippen LogP contribution in [0.2, 0.25) is 0 Å². The van der Waals surface area contributed by atoms with Crippen molar-refractivity contribution < 1.29 is 29.4 Å². The molecule has 0 aromatic heterocycles. The molecule has 2 aromatic rings. The summed E-state index contributed by atoms with van der Waals surface area (Å²) in [4.78, 5) is 53.4. The molecule has 0 aliphatic heterocycles. The SMILES string of the molecule is CCCCCCCCC(C)(C(=O)NNC(=O)c1c(O)cccc1CCCCC)C(=O)NNC(=O)c1c(O)cccc1CCCCC. The first-order valence-corrected chi connectivity index (χ1v) is 16.9. The summed E-state index contributed by atoms with van der Waals surface area (Å²) in [7, 11) is 0. The molecule has 46 heavy (non-hydrogen) atoms. The molecule has 2 aromatic carbocycles. The highest BCUT2D eigenvalue weighted by Gasteiger charge is 2.41. The van der Waals surface area contributed by atoms with E-state index in [-0.39, 0.29) is 29.0 Å². The van der Waals surface area contributed by atoms with Crippen LogP contribution in [-0.2, 0) is 22.4 Å². The maximum absolute atomic E-state index is 13.6. The molecule has 0 aliphatic rings. The van der Waals surface area contributed by atoms with E-state index in [1.54, 1.807) is 24.3 Å². The number of amides is 4. The van der Waals surface area contributed by atoms with Crippen molar-refractivity contribution in [1.29, 1.82) is 0 Å². The second-order valence-electron chi connectivity index (χ2n) is 12.2. The second-order valence-corrected chi connectivity index (χ2v) is 12.2. The predicted octanol–water partition coefficient (Wildman–Crippen LogP) is 6.54. The smallest absolute Gasteiger partial charge is 0.273 e. The number of carbonyl (C=O) groups is 4. The van der Waals surface area contributed by atoms with Gasteiger partial charge in [-0.15, -0.1) is 0 Å². The van der Waals surface area contributed by atoms with Gasteiger partial charge in [-0.2, -0.15) is 0 Å². The van der Waals surface area contributed by atoms with Crippen molar-refractivity contribution in [2.24, 2.45) is 5.41 Å². The first kappa shape index (κ1) is 38.1. The highest BCUT2D eigenvalue weighted by molar-refractivity contribution is 6.07. The minimum Gasteiger partial charge on any atom is -0.507 e. The van der Waals surface area contributed by atoms with Gasteiger partial charge in [0.15, 0.2) is 0 Å². The van der Waals surface area contributed by atoms with E-state index >= 15 is 0 Å². The lowest BCUT2D eigenvalue weighted by Crippen LogP contribution is -2.57. The van der Waals surface area contributed by atoms with Crippen LogP contribution in [0.1, 0.15) is 143 Å². The van der Waals surface area contributed by atoms with E-state index in [4.69, 9.17) is 0 Å². The standard InChI is InChI=1S/C36H54N4O6/c1-5-8-11-12-13-16-25-36(4,34(45)39-37-32(43)30-26(19-14-9-6-2)21-17-23-28(30)41)35(46)40-38-33(44)31-27(20-15-10-7-3)22-18-24-29(31)42/h17-18,21-24,41-42H,5-16,19-20,25H2,1-4H3,(H,37,43)(H,38,44)(H,39,45)(H,40,46). The number of aryl methyl sites for hydroxylation is 2. The number of nitrogens with one attached hydrogen (secondary N) is 4. The number of aromatic hydroxyl groups is 2. The minimum absolute atomic E-state index is 0.0747. The van der Waals surface area contributed by atoms with E-state index in [9.17, 15) is 29.4 Å². The first-order chi connectivity index (χ1) is 22.1. The third-order valence-electron chi connectivity index (χ3n) is 8.42. The number of hydrazine groups is 2. The van der Waals surface area contributed by atoms with Crippen molar-refractivity contribution >= 4 is 23.6 Å². The fourth-order valence-corrected chi connectivity index (χ4v) is 5.46. The molecule has 0 saturated heterocycles. The number of carbonyl (C=O) groups excluding carboxylic acids is 4. The fraction of sp³-hybridized carbons (Fsp3) is 0.556. The van der Waals surface area contributed by atoms with Crippen LogP contribution in [0.3, 0.4) is 0 Å². The van der Waals surface area contributed by atoms with Crippen LogP contribution in [0.5, 0.6) is 11.5 Å². The van der Waals surface area contributed by atoms with Crippen LogP contribution in [0.25, 0.3) is 0 Å². The Balaban J connectivity index is 2.18. The highest BCUT2D eigenvalue weighted by Crippen LogP contribution is 2.27. The maximum Gasteiger partial charge on any atom is 0.273 e. The molecule has 0 radical (unpaired) electrons. The molecule has 10 heteroatoms. The lowest BCUT2D eigenvalue weighted by Gasteiger charge is -2.27. The molecule has 0 fully saturated rings. The van der Waals surface area contributed by atoms with E-state index in [0.29, 0.717) is 30.4 Å². The molecule has 254 valence electrons. The summed E-state index contributed by atoms with van der Waals surface area (Å²) in [5.41, 5.74) is 9.35. The van der Waals surface area contributed by atoms with Crippen molar-refractivity contribution in [3.63, 3.8) is 0 Å². The zero-order valence-electron chi connectivity index (χ0n) is 28.1. The van der Waals surface area contributed by atoms with Crippen molar-refractivity contribution in [3.8, 4) is 11.5 Å². The third-order valence-corrected chi connectivity index (χ3v) is 8.42. The van der Waals surface area contributed by atoms with Gasteiger partial charge in [0.2, 0.25) is 0 Å². The van der Waals surface area contributed by atoms with Gasteiger partial charge >= 0.3 is 0 Å². The molecule has 4 amide bonds. The summed E-state index contributed by atoms with van der Waals surface area (Å²) in [6, 6.07) is 9.71. The Bertz CT molecular complexity index is 1210. The topological polar surface area (TPSA) is 157 Å². The quantitative estimate of drug-likeness (QED) is 0.0583. The number of rotatable bonds is 19. The molecule has 0 aliphatic carbocycles. The Morgan fingerprint density at radius 2 is 0.957 bits per heavy atom. The van der Waals surface area contributed by atoms with Gasteiger partial charge in [-0.1, -0.05) is 109 Å². The van der Waals surface area contributed by atoms with Crippen LogP contribution in [0.4, 0.5) is 0 Å². The van der Waals surface area contributed by atoms with Gasteiger partial charge in [-0.3, -0.25) is 40.9 Å². The number of phenols is 2. The van der Waals surface area contributed by atoms with E-state index in [2.05, 4.69) is 42.5 Å². The van der Waals surface area contributed by atoms with E-state index in [1.165, 1.54) is 19.1 Å². The Labute approximate surface area is 274 Å². The van der Waals surface area contributed by atoms with Gasteiger partial charge in [-0.05, 0) is 62.3 Å². The normalized spacial score (nSPS) is 11.1. The van der Waals surface area contributed by atoms with Crippen molar-refractivity contribution in [2.75, 3.05) is 0 Å². The van der Waals surface area contributed by atoms with E-state index < -0.39 is 29.0 Å². The Morgan fingerprint density at radius 3 is 1.39 bits per heavy atom. The molecule has 0 bridgehead atoms. The monoisotopic (exact) mass is 638 g/mol. The van der Waals surface area contributed by atoms with E-state index in [0.717, 1.165) is 70.6 Å². The molecule has 10 nitrogen and oxygen atoms in total. The summed E-state index contributed by atoms with van der Waals surface area (Å²) in [6.45, 7) is 7.75. The molecule has 0 atom stereocenters. The van der Waals surface area contributed by atoms with Crippen LogP contribution >= 0.6 is 0 Å². The average molecular weight is 639 g/mol. The molecule has 0 unspecified atom stereocenters. The zero-order chi connectivity index (χ0) is 34.0. The molecular formula is C36H54N4O6. The second kappa shape index (κ2) is 20.1. The zero-order valence-corrected chi connectivity index (χ0v) is 28.1. The number of phenolic OH excluding ortho intramolecular Hbond substituents is 2. The molecule has 0 saturated carbocycles. The molecule has 0 spiro atoms. The van der Waals surface area contributed by atoms with Gasteiger partial charge in [0.1, 0.15) is 16.9 Å². The number of unbranched alkanes of at least 4 members (excludes halogenated alkanes) is 9. The van der Waals surface area contributed by atoms with Crippen molar-refractivity contribution in [2.45, 2.75) is 124 Å². The molecular weight excluding hydrogens is 584 g/mol. The average Bonchev–Trinajstić information content (AvgIpc) is 3.04. The van der Waals surface area contributed by atoms with Gasteiger partial charge in [0.05, 0.1) is 11.1 Å².